The number of aromatic nitrogens is 2. The van der Waals surface area contributed by atoms with Gasteiger partial charge in [-0.2, -0.15) is 0 Å². The fourth-order valence-corrected chi connectivity index (χ4v) is 3.51. The topological polar surface area (TPSA) is 38.2 Å². The lowest BCUT2D eigenvalue weighted by Gasteiger charge is -2.29. The van der Waals surface area contributed by atoms with Crippen LogP contribution < -0.4 is 9.64 Å². The number of anilines is 1. The number of nitrogens with zero attached hydrogens (tertiary/aromatic N) is 3. The molecule has 0 bridgehead atoms. The molecule has 0 amide bonds. The largest absolute Gasteiger partial charge is 0.478 e. The van der Waals surface area contributed by atoms with Gasteiger partial charge in [0.1, 0.15) is 5.82 Å². The molecule has 148 valence electrons. The number of rotatable bonds is 10. The standard InChI is InChI=1S/C23H35N3O/c1-7-26(8-2)21-11-9-10-20(25-21)23(5,6)16-18(3)14-15-27-22-13-12-19(4)17-24-22/h9-13,17-18H,7-8,14-16H2,1-6H3. The van der Waals surface area contributed by atoms with E-state index in [4.69, 9.17) is 9.72 Å². The Kier molecular flexibility index (Phi) is 7.64. The van der Waals surface area contributed by atoms with Gasteiger partial charge in [0.05, 0.1) is 6.61 Å². The van der Waals surface area contributed by atoms with Gasteiger partial charge in [-0.05, 0) is 57.2 Å². The van der Waals surface area contributed by atoms with Gasteiger partial charge in [0.2, 0.25) is 5.88 Å². The van der Waals surface area contributed by atoms with Crippen molar-refractivity contribution in [3.8, 4) is 5.88 Å². The highest BCUT2D eigenvalue weighted by Gasteiger charge is 2.25. The smallest absolute Gasteiger partial charge is 0.213 e. The van der Waals surface area contributed by atoms with Crippen LogP contribution in [0.15, 0.2) is 36.5 Å². The average molecular weight is 370 g/mol. The Hall–Kier alpha value is -2.10. The number of hydrogen-bond acceptors (Lipinski definition) is 4. The zero-order valence-corrected chi connectivity index (χ0v) is 17.8. The molecule has 27 heavy (non-hydrogen) atoms. The van der Waals surface area contributed by atoms with Crippen LogP contribution in [0.4, 0.5) is 5.82 Å². The molecule has 0 saturated carbocycles. The third-order valence-corrected chi connectivity index (χ3v) is 5.12. The second kappa shape index (κ2) is 9.72. The Morgan fingerprint density at radius 2 is 1.85 bits per heavy atom. The monoisotopic (exact) mass is 369 g/mol. The summed E-state index contributed by atoms with van der Waals surface area (Å²) in [5.74, 6) is 2.33. The normalized spacial score (nSPS) is 12.7. The van der Waals surface area contributed by atoms with Crippen molar-refractivity contribution in [1.82, 2.24) is 9.97 Å². The Morgan fingerprint density at radius 1 is 1.11 bits per heavy atom. The number of pyridine rings is 2. The third-order valence-electron chi connectivity index (χ3n) is 5.12. The van der Waals surface area contributed by atoms with E-state index in [0.29, 0.717) is 18.4 Å². The highest BCUT2D eigenvalue weighted by molar-refractivity contribution is 5.40. The minimum absolute atomic E-state index is 0.0324. The quantitative estimate of drug-likeness (QED) is 0.562. The van der Waals surface area contributed by atoms with E-state index in [9.17, 15) is 0 Å². The SMILES string of the molecule is CCN(CC)c1cccc(C(C)(C)CC(C)CCOc2ccc(C)cn2)n1. The molecule has 4 heteroatoms. The molecule has 1 unspecified atom stereocenters. The van der Waals surface area contributed by atoms with Crippen LogP contribution in [0.3, 0.4) is 0 Å². The molecule has 0 spiro atoms. The van der Waals surface area contributed by atoms with E-state index in [1.165, 1.54) is 5.69 Å². The van der Waals surface area contributed by atoms with Crippen molar-refractivity contribution >= 4 is 5.82 Å². The first-order valence-electron chi connectivity index (χ1n) is 10.1. The molecular formula is C23H35N3O. The van der Waals surface area contributed by atoms with Crippen molar-refractivity contribution in [3.05, 3.63) is 47.8 Å². The van der Waals surface area contributed by atoms with E-state index in [0.717, 1.165) is 37.3 Å². The summed E-state index contributed by atoms with van der Waals surface area (Å²) in [5, 5.41) is 0. The molecule has 0 N–H and O–H groups in total. The van der Waals surface area contributed by atoms with Gasteiger partial charge in [-0.15, -0.1) is 0 Å². The van der Waals surface area contributed by atoms with Crippen molar-refractivity contribution in [3.63, 3.8) is 0 Å². The molecular weight excluding hydrogens is 334 g/mol. The molecule has 1 atom stereocenters. The van der Waals surface area contributed by atoms with Gasteiger partial charge in [-0.1, -0.05) is 32.9 Å². The van der Waals surface area contributed by atoms with Gasteiger partial charge in [0.15, 0.2) is 0 Å². The summed E-state index contributed by atoms with van der Waals surface area (Å²) in [5.41, 5.74) is 2.35. The molecule has 2 rings (SSSR count). The molecule has 0 fully saturated rings. The van der Waals surface area contributed by atoms with Crippen LogP contribution in [-0.4, -0.2) is 29.7 Å². The maximum Gasteiger partial charge on any atom is 0.213 e. The molecule has 0 aromatic carbocycles. The van der Waals surface area contributed by atoms with E-state index >= 15 is 0 Å². The molecule has 2 heterocycles. The molecule has 4 nitrogen and oxygen atoms in total. The Bertz CT molecular complexity index is 693. The van der Waals surface area contributed by atoms with Crippen LogP contribution in [0.1, 0.15) is 58.7 Å². The summed E-state index contributed by atoms with van der Waals surface area (Å²) in [6.07, 6.45) is 3.93. The van der Waals surface area contributed by atoms with Gasteiger partial charge in [0, 0.05) is 36.5 Å². The fraction of sp³-hybridized carbons (Fsp3) is 0.565. The second-order valence-electron chi connectivity index (χ2n) is 8.06. The summed E-state index contributed by atoms with van der Waals surface area (Å²) >= 11 is 0. The predicted molar refractivity (Wildman–Crippen MR) is 114 cm³/mol. The first kappa shape index (κ1) is 21.2. The highest BCUT2D eigenvalue weighted by Crippen LogP contribution is 2.31. The van der Waals surface area contributed by atoms with Gasteiger partial charge in [0.25, 0.3) is 0 Å². The molecule has 2 aromatic rings. The van der Waals surface area contributed by atoms with E-state index in [1.807, 2.05) is 25.3 Å². The average Bonchev–Trinajstić information content (AvgIpc) is 2.64. The first-order chi connectivity index (χ1) is 12.9. The van der Waals surface area contributed by atoms with E-state index in [-0.39, 0.29) is 5.41 Å². The lowest BCUT2D eigenvalue weighted by molar-refractivity contribution is 0.253. The van der Waals surface area contributed by atoms with Crippen LogP contribution in [0.25, 0.3) is 0 Å². The second-order valence-corrected chi connectivity index (χ2v) is 8.06. The molecule has 0 aliphatic carbocycles. The predicted octanol–water partition coefficient (Wildman–Crippen LogP) is 5.40. The maximum atomic E-state index is 5.80. The minimum Gasteiger partial charge on any atom is -0.478 e. The van der Waals surface area contributed by atoms with Gasteiger partial charge in [-0.25, -0.2) is 9.97 Å². The van der Waals surface area contributed by atoms with Crippen molar-refractivity contribution in [2.45, 2.75) is 59.8 Å². The number of hydrogen-bond donors (Lipinski definition) is 0. The van der Waals surface area contributed by atoms with Gasteiger partial charge in [-0.3, -0.25) is 0 Å². The van der Waals surface area contributed by atoms with E-state index in [2.05, 4.69) is 62.7 Å². The Morgan fingerprint density at radius 3 is 2.48 bits per heavy atom. The minimum atomic E-state index is 0.0324. The summed E-state index contributed by atoms with van der Waals surface area (Å²) in [4.78, 5) is 11.6. The summed E-state index contributed by atoms with van der Waals surface area (Å²) in [7, 11) is 0. The van der Waals surface area contributed by atoms with Crippen molar-refractivity contribution in [2.24, 2.45) is 5.92 Å². The Labute approximate surface area is 165 Å². The molecule has 0 aliphatic rings. The highest BCUT2D eigenvalue weighted by atomic mass is 16.5. The zero-order chi connectivity index (χ0) is 19.9. The number of ether oxygens (including phenoxy) is 1. The molecule has 0 aliphatic heterocycles. The van der Waals surface area contributed by atoms with E-state index < -0.39 is 0 Å². The molecule has 2 aromatic heterocycles. The third kappa shape index (κ3) is 6.23. The summed E-state index contributed by atoms with van der Waals surface area (Å²) < 4.78 is 5.80. The van der Waals surface area contributed by atoms with Gasteiger partial charge >= 0.3 is 0 Å². The zero-order valence-electron chi connectivity index (χ0n) is 17.8. The van der Waals surface area contributed by atoms with Crippen molar-refractivity contribution in [2.75, 3.05) is 24.6 Å². The summed E-state index contributed by atoms with van der Waals surface area (Å²) in [6, 6.07) is 10.4. The first-order valence-corrected chi connectivity index (χ1v) is 10.1. The van der Waals surface area contributed by atoms with Crippen LogP contribution in [-0.2, 0) is 5.41 Å². The summed E-state index contributed by atoms with van der Waals surface area (Å²) in [6.45, 7) is 15.9. The molecule has 0 saturated heterocycles. The lowest BCUT2D eigenvalue weighted by Crippen LogP contribution is -2.26. The van der Waals surface area contributed by atoms with Crippen molar-refractivity contribution in [1.29, 1.82) is 0 Å². The van der Waals surface area contributed by atoms with Crippen molar-refractivity contribution < 1.29 is 4.74 Å². The van der Waals surface area contributed by atoms with Crippen LogP contribution in [0.2, 0.25) is 0 Å². The Balaban J connectivity index is 1.92. The lowest BCUT2D eigenvalue weighted by atomic mass is 9.79. The fourth-order valence-electron chi connectivity index (χ4n) is 3.51. The van der Waals surface area contributed by atoms with Gasteiger partial charge < -0.3 is 9.64 Å². The maximum absolute atomic E-state index is 5.80. The van der Waals surface area contributed by atoms with Crippen LogP contribution >= 0.6 is 0 Å². The van der Waals surface area contributed by atoms with Crippen LogP contribution in [0.5, 0.6) is 5.88 Å². The van der Waals surface area contributed by atoms with E-state index in [1.54, 1.807) is 0 Å². The van der Waals surface area contributed by atoms with Crippen LogP contribution in [0, 0.1) is 12.8 Å². The number of aryl methyl sites for hydroxylation is 1. The molecule has 0 radical (unpaired) electrons.